The first-order chi connectivity index (χ1) is 9.72. The lowest BCUT2D eigenvalue weighted by molar-refractivity contribution is -0.143. The molecule has 1 aromatic heterocycles. The second-order valence-electron chi connectivity index (χ2n) is 5.45. The summed E-state index contributed by atoms with van der Waals surface area (Å²) in [5.41, 5.74) is 1.28. The number of benzene rings is 1. The molecule has 1 aliphatic heterocycles. The molecule has 0 bridgehead atoms. The molecule has 2 heterocycles. The number of carboxylic acid groups (broad SMARTS) is 1. The average molecular weight is 270 g/mol. The predicted molar refractivity (Wildman–Crippen MR) is 77.4 cm³/mol. The first kappa shape index (κ1) is 13.1. The smallest absolute Gasteiger partial charge is 0.306 e. The van der Waals surface area contributed by atoms with E-state index in [-0.39, 0.29) is 5.92 Å². The molecule has 1 fully saturated rings. The molecule has 0 aliphatic carbocycles. The van der Waals surface area contributed by atoms with Gasteiger partial charge in [-0.1, -0.05) is 12.1 Å². The molecule has 0 spiro atoms. The van der Waals surface area contributed by atoms with E-state index < -0.39 is 5.97 Å². The van der Waals surface area contributed by atoms with Gasteiger partial charge in [0.1, 0.15) is 0 Å². The molecule has 20 heavy (non-hydrogen) atoms. The van der Waals surface area contributed by atoms with Crippen molar-refractivity contribution in [3.05, 3.63) is 42.2 Å². The minimum absolute atomic E-state index is 0.158. The molecule has 4 nitrogen and oxygen atoms in total. The maximum Gasteiger partial charge on any atom is 0.306 e. The van der Waals surface area contributed by atoms with E-state index in [9.17, 15) is 4.79 Å². The van der Waals surface area contributed by atoms with Gasteiger partial charge in [-0.15, -0.1) is 0 Å². The molecule has 0 atom stereocenters. The second kappa shape index (κ2) is 5.59. The standard InChI is InChI=1S/C16H18N2O2/c19-16(20)13-4-7-18(8-5-13)11-12-1-2-15-10-17-6-3-14(15)9-12/h1-3,6,9-10,13H,4-5,7-8,11H2,(H,19,20). The largest absolute Gasteiger partial charge is 0.481 e. The van der Waals surface area contributed by atoms with Crippen molar-refractivity contribution in [2.45, 2.75) is 19.4 Å². The predicted octanol–water partition coefficient (Wildman–Crippen LogP) is 2.53. The molecule has 0 amide bonds. The van der Waals surface area contributed by atoms with Crippen LogP contribution in [0, 0.1) is 5.92 Å². The van der Waals surface area contributed by atoms with E-state index >= 15 is 0 Å². The Morgan fingerprint density at radius 1 is 1.25 bits per heavy atom. The summed E-state index contributed by atoms with van der Waals surface area (Å²) < 4.78 is 0. The topological polar surface area (TPSA) is 53.4 Å². The highest BCUT2D eigenvalue weighted by atomic mass is 16.4. The van der Waals surface area contributed by atoms with Gasteiger partial charge in [-0.25, -0.2) is 0 Å². The van der Waals surface area contributed by atoms with Crippen LogP contribution in [0.2, 0.25) is 0 Å². The first-order valence-electron chi connectivity index (χ1n) is 7.00. The fourth-order valence-corrected chi connectivity index (χ4v) is 2.83. The number of aliphatic carboxylic acids is 1. The van der Waals surface area contributed by atoms with E-state index in [1.54, 1.807) is 0 Å². The van der Waals surface area contributed by atoms with Crippen molar-refractivity contribution in [2.75, 3.05) is 13.1 Å². The number of carbonyl (C=O) groups is 1. The van der Waals surface area contributed by atoms with Crippen LogP contribution in [0.1, 0.15) is 18.4 Å². The molecule has 0 unspecified atom stereocenters. The molecule has 1 saturated heterocycles. The highest BCUT2D eigenvalue weighted by Gasteiger charge is 2.24. The van der Waals surface area contributed by atoms with Crippen LogP contribution < -0.4 is 0 Å². The van der Waals surface area contributed by atoms with Crippen molar-refractivity contribution >= 4 is 16.7 Å². The molecule has 2 aromatic rings. The Hall–Kier alpha value is -1.94. The first-order valence-corrected chi connectivity index (χ1v) is 7.00. The number of nitrogens with zero attached hydrogens (tertiary/aromatic N) is 2. The monoisotopic (exact) mass is 270 g/mol. The molecule has 1 N–H and O–H groups in total. The maximum atomic E-state index is 10.9. The summed E-state index contributed by atoms with van der Waals surface area (Å²) in [5, 5.41) is 11.4. The quantitative estimate of drug-likeness (QED) is 0.931. The number of piperidine rings is 1. The second-order valence-corrected chi connectivity index (χ2v) is 5.45. The van der Waals surface area contributed by atoms with Gasteiger partial charge in [0.05, 0.1) is 5.92 Å². The minimum atomic E-state index is -0.650. The lowest BCUT2D eigenvalue weighted by atomic mass is 9.96. The normalized spacial score (nSPS) is 17.4. The highest BCUT2D eigenvalue weighted by molar-refractivity contribution is 5.81. The summed E-state index contributed by atoms with van der Waals surface area (Å²) in [5.74, 6) is -0.809. The number of pyridine rings is 1. The maximum absolute atomic E-state index is 10.9. The Bertz CT molecular complexity index is 619. The SMILES string of the molecule is O=C(O)C1CCN(Cc2ccc3cnccc3c2)CC1. The molecule has 0 radical (unpaired) electrons. The zero-order chi connectivity index (χ0) is 13.9. The van der Waals surface area contributed by atoms with Crippen LogP contribution in [0.25, 0.3) is 10.8 Å². The van der Waals surface area contributed by atoms with Crippen molar-refractivity contribution < 1.29 is 9.90 Å². The Kier molecular flexibility index (Phi) is 3.65. The van der Waals surface area contributed by atoms with Crippen molar-refractivity contribution in [3.8, 4) is 0 Å². The number of hydrogen-bond donors (Lipinski definition) is 1. The summed E-state index contributed by atoms with van der Waals surface area (Å²) in [6.07, 6.45) is 5.20. The van der Waals surface area contributed by atoms with Gasteiger partial charge in [0.25, 0.3) is 0 Å². The molecular formula is C16H18N2O2. The number of rotatable bonds is 3. The van der Waals surface area contributed by atoms with Crippen LogP contribution in [-0.4, -0.2) is 34.0 Å². The van der Waals surface area contributed by atoms with Gasteiger partial charge in [0.2, 0.25) is 0 Å². The number of likely N-dealkylation sites (tertiary alicyclic amines) is 1. The fourth-order valence-electron chi connectivity index (χ4n) is 2.83. The Balaban J connectivity index is 1.66. The number of fused-ring (bicyclic) bond motifs is 1. The molecular weight excluding hydrogens is 252 g/mol. The third-order valence-electron chi connectivity index (χ3n) is 4.05. The molecule has 0 saturated carbocycles. The van der Waals surface area contributed by atoms with E-state index in [1.165, 1.54) is 10.9 Å². The van der Waals surface area contributed by atoms with Crippen molar-refractivity contribution in [1.82, 2.24) is 9.88 Å². The third kappa shape index (κ3) is 2.80. The van der Waals surface area contributed by atoms with Gasteiger partial charge in [-0.2, -0.15) is 0 Å². The number of carboxylic acids is 1. The summed E-state index contributed by atoms with van der Waals surface area (Å²) in [6, 6.07) is 8.45. The van der Waals surface area contributed by atoms with Crippen LogP contribution in [0.5, 0.6) is 0 Å². The van der Waals surface area contributed by atoms with E-state index in [2.05, 4.69) is 28.1 Å². The van der Waals surface area contributed by atoms with Crippen LogP contribution in [-0.2, 0) is 11.3 Å². The average Bonchev–Trinajstić information content (AvgIpc) is 2.48. The van der Waals surface area contributed by atoms with Gasteiger partial charge in [0, 0.05) is 24.3 Å². The lowest BCUT2D eigenvalue weighted by Gasteiger charge is -2.30. The Morgan fingerprint density at radius 3 is 2.80 bits per heavy atom. The number of aromatic nitrogens is 1. The number of hydrogen-bond acceptors (Lipinski definition) is 3. The zero-order valence-corrected chi connectivity index (χ0v) is 11.3. The molecule has 1 aromatic carbocycles. The summed E-state index contributed by atoms with van der Waals surface area (Å²) in [6.45, 7) is 2.63. The van der Waals surface area contributed by atoms with E-state index in [4.69, 9.17) is 5.11 Å². The molecule has 104 valence electrons. The van der Waals surface area contributed by atoms with Crippen LogP contribution in [0.4, 0.5) is 0 Å². The summed E-state index contributed by atoms with van der Waals surface area (Å²) in [7, 11) is 0. The van der Waals surface area contributed by atoms with E-state index in [0.29, 0.717) is 0 Å². The minimum Gasteiger partial charge on any atom is -0.481 e. The highest BCUT2D eigenvalue weighted by Crippen LogP contribution is 2.21. The Morgan fingerprint density at radius 2 is 2.05 bits per heavy atom. The summed E-state index contributed by atoms with van der Waals surface area (Å²) >= 11 is 0. The van der Waals surface area contributed by atoms with E-state index in [0.717, 1.165) is 37.9 Å². The van der Waals surface area contributed by atoms with Crippen LogP contribution in [0.3, 0.4) is 0 Å². The molecule has 4 heteroatoms. The molecule has 3 rings (SSSR count). The van der Waals surface area contributed by atoms with Gasteiger partial charge in [-0.3, -0.25) is 14.7 Å². The van der Waals surface area contributed by atoms with Crippen LogP contribution in [0.15, 0.2) is 36.7 Å². The van der Waals surface area contributed by atoms with Gasteiger partial charge >= 0.3 is 5.97 Å². The lowest BCUT2D eigenvalue weighted by Crippen LogP contribution is -2.35. The Labute approximate surface area is 118 Å². The van der Waals surface area contributed by atoms with Gasteiger partial charge in [-0.05, 0) is 49.0 Å². The van der Waals surface area contributed by atoms with Gasteiger partial charge in [0.15, 0.2) is 0 Å². The van der Waals surface area contributed by atoms with Crippen LogP contribution >= 0.6 is 0 Å². The van der Waals surface area contributed by atoms with Crippen molar-refractivity contribution in [2.24, 2.45) is 5.92 Å². The van der Waals surface area contributed by atoms with Gasteiger partial charge < -0.3 is 5.11 Å². The fraction of sp³-hybridized carbons (Fsp3) is 0.375. The van der Waals surface area contributed by atoms with Crippen molar-refractivity contribution in [3.63, 3.8) is 0 Å². The molecule has 1 aliphatic rings. The zero-order valence-electron chi connectivity index (χ0n) is 11.3. The third-order valence-corrected chi connectivity index (χ3v) is 4.05. The van der Waals surface area contributed by atoms with Crippen molar-refractivity contribution in [1.29, 1.82) is 0 Å². The summed E-state index contributed by atoms with van der Waals surface area (Å²) in [4.78, 5) is 17.4. The van der Waals surface area contributed by atoms with E-state index in [1.807, 2.05) is 18.5 Å².